The van der Waals surface area contributed by atoms with Crippen LogP contribution in [-0.2, 0) is 0 Å². The molecule has 0 saturated carbocycles. The lowest BCUT2D eigenvalue weighted by Crippen LogP contribution is -1.99. The van der Waals surface area contributed by atoms with E-state index in [-0.39, 0.29) is 0 Å². The van der Waals surface area contributed by atoms with E-state index in [0.717, 1.165) is 33.9 Å². The summed E-state index contributed by atoms with van der Waals surface area (Å²) in [5.41, 5.74) is 5.04. The molecule has 0 amide bonds. The maximum Gasteiger partial charge on any atom is 0.168 e. The van der Waals surface area contributed by atoms with E-state index in [2.05, 4.69) is 38.5 Å². The predicted molar refractivity (Wildman–Crippen MR) is 79.6 cm³/mol. The summed E-state index contributed by atoms with van der Waals surface area (Å²) in [7, 11) is 0. The molecule has 21 heavy (non-hydrogen) atoms. The summed E-state index contributed by atoms with van der Waals surface area (Å²) in [6, 6.07) is 3.95. The Labute approximate surface area is 121 Å². The van der Waals surface area contributed by atoms with Crippen LogP contribution in [0.25, 0.3) is 22.4 Å². The molecular weight excluding hydrogens is 264 g/mol. The van der Waals surface area contributed by atoms with Gasteiger partial charge in [-0.3, -0.25) is 9.55 Å². The summed E-state index contributed by atoms with van der Waals surface area (Å²) >= 11 is 0. The normalized spacial score (nSPS) is 11.6. The van der Waals surface area contributed by atoms with Crippen LogP contribution < -0.4 is 0 Å². The zero-order valence-corrected chi connectivity index (χ0v) is 12.1. The maximum absolute atomic E-state index is 4.58. The lowest BCUT2D eigenvalue weighted by atomic mass is 10.2. The summed E-state index contributed by atoms with van der Waals surface area (Å²) in [6.07, 6.45) is 5.32. The lowest BCUT2D eigenvalue weighted by Gasteiger charge is -2.06. The van der Waals surface area contributed by atoms with E-state index in [1.54, 1.807) is 17.0 Å². The summed E-state index contributed by atoms with van der Waals surface area (Å²) in [4.78, 5) is 13.3. The largest absolute Gasteiger partial charge is 0.297 e. The van der Waals surface area contributed by atoms with Crippen molar-refractivity contribution in [1.29, 1.82) is 0 Å². The molecule has 0 unspecified atom stereocenters. The molecule has 6 nitrogen and oxygen atoms in total. The van der Waals surface area contributed by atoms with Gasteiger partial charge in [-0.2, -0.15) is 5.10 Å². The van der Waals surface area contributed by atoms with Gasteiger partial charge < -0.3 is 0 Å². The van der Waals surface area contributed by atoms with E-state index >= 15 is 0 Å². The number of hydrogen-bond donors (Lipinski definition) is 0. The second-order valence-corrected chi connectivity index (χ2v) is 5.13. The van der Waals surface area contributed by atoms with Crippen LogP contribution in [0.3, 0.4) is 0 Å². The molecule has 4 heterocycles. The molecule has 0 aliphatic carbocycles. The standard InChI is InChI=1S/C15H14N6/c1-9-10(2)21(12-5-4-6-16-7-12)14-13(9)15-18-11(3)19-20(15)8-17-14/h4-8H,1-3H3. The predicted octanol–water partition coefficient (Wildman–Crippen LogP) is 2.39. The first kappa shape index (κ1) is 12.0. The van der Waals surface area contributed by atoms with Gasteiger partial charge in [0.2, 0.25) is 0 Å². The molecule has 104 valence electrons. The van der Waals surface area contributed by atoms with Crippen molar-refractivity contribution in [1.82, 2.24) is 29.1 Å². The van der Waals surface area contributed by atoms with Crippen LogP contribution >= 0.6 is 0 Å². The van der Waals surface area contributed by atoms with Crippen LogP contribution in [-0.4, -0.2) is 29.1 Å². The average Bonchev–Trinajstić information content (AvgIpc) is 2.98. The third-order valence-electron chi connectivity index (χ3n) is 3.84. The van der Waals surface area contributed by atoms with Crippen molar-refractivity contribution in [3.8, 4) is 5.69 Å². The summed E-state index contributed by atoms with van der Waals surface area (Å²) in [5, 5.41) is 5.38. The Kier molecular flexibility index (Phi) is 2.35. The zero-order chi connectivity index (χ0) is 14.6. The molecule has 6 heteroatoms. The van der Waals surface area contributed by atoms with Gasteiger partial charge in [-0.05, 0) is 38.5 Å². The Morgan fingerprint density at radius 1 is 1.10 bits per heavy atom. The molecule has 0 aliphatic heterocycles. The van der Waals surface area contributed by atoms with Crippen molar-refractivity contribution in [2.45, 2.75) is 20.8 Å². The van der Waals surface area contributed by atoms with Gasteiger partial charge in [-0.25, -0.2) is 14.5 Å². The van der Waals surface area contributed by atoms with E-state index in [4.69, 9.17) is 0 Å². The number of pyridine rings is 1. The van der Waals surface area contributed by atoms with Gasteiger partial charge in [-0.15, -0.1) is 0 Å². The van der Waals surface area contributed by atoms with Gasteiger partial charge in [0, 0.05) is 11.9 Å². The van der Waals surface area contributed by atoms with Gasteiger partial charge in [-0.1, -0.05) is 0 Å². The summed E-state index contributed by atoms with van der Waals surface area (Å²) in [5.74, 6) is 0.746. The second kappa shape index (κ2) is 4.12. The molecule has 0 atom stereocenters. The number of aromatic nitrogens is 6. The molecule has 0 spiro atoms. The van der Waals surface area contributed by atoms with Crippen molar-refractivity contribution in [2.24, 2.45) is 0 Å². The van der Waals surface area contributed by atoms with E-state index in [9.17, 15) is 0 Å². The molecule has 0 aliphatic rings. The molecule has 0 bridgehead atoms. The Bertz CT molecular complexity index is 964. The van der Waals surface area contributed by atoms with Gasteiger partial charge in [0.1, 0.15) is 12.2 Å². The fraction of sp³-hybridized carbons (Fsp3) is 0.200. The van der Waals surface area contributed by atoms with Crippen molar-refractivity contribution in [2.75, 3.05) is 0 Å². The highest BCUT2D eigenvalue weighted by Crippen LogP contribution is 2.29. The quantitative estimate of drug-likeness (QED) is 0.536. The topological polar surface area (TPSA) is 60.9 Å². The third-order valence-corrected chi connectivity index (χ3v) is 3.84. The van der Waals surface area contributed by atoms with Crippen molar-refractivity contribution in [3.05, 3.63) is 47.9 Å². The van der Waals surface area contributed by atoms with Crippen LogP contribution in [0.1, 0.15) is 17.1 Å². The number of aryl methyl sites for hydroxylation is 2. The first-order chi connectivity index (χ1) is 10.2. The Morgan fingerprint density at radius 2 is 1.95 bits per heavy atom. The van der Waals surface area contributed by atoms with Crippen LogP contribution in [0, 0.1) is 20.8 Å². The lowest BCUT2D eigenvalue weighted by molar-refractivity contribution is 0.901. The minimum Gasteiger partial charge on any atom is -0.297 e. The van der Waals surface area contributed by atoms with Crippen LogP contribution in [0.5, 0.6) is 0 Å². The van der Waals surface area contributed by atoms with Crippen LogP contribution in [0.2, 0.25) is 0 Å². The average molecular weight is 278 g/mol. The number of fused-ring (bicyclic) bond motifs is 3. The molecule has 0 fully saturated rings. The van der Waals surface area contributed by atoms with Gasteiger partial charge in [0.25, 0.3) is 0 Å². The first-order valence-electron chi connectivity index (χ1n) is 6.77. The first-order valence-corrected chi connectivity index (χ1v) is 6.77. The molecule has 0 aromatic carbocycles. The molecule has 0 radical (unpaired) electrons. The van der Waals surface area contributed by atoms with Gasteiger partial charge in [0.15, 0.2) is 11.3 Å². The monoisotopic (exact) mass is 278 g/mol. The van der Waals surface area contributed by atoms with Crippen molar-refractivity contribution >= 4 is 16.7 Å². The SMILES string of the molecule is Cc1nc2c3c(C)c(C)n(-c4cccnc4)c3ncn2n1. The summed E-state index contributed by atoms with van der Waals surface area (Å²) < 4.78 is 3.85. The number of rotatable bonds is 1. The Morgan fingerprint density at radius 3 is 2.71 bits per heavy atom. The molecule has 4 aromatic heterocycles. The highest BCUT2D eigenvalue weighted by Gasteiger charge is 2.18. The van der Waals surface area contributed by atoms with Crippen molar-refractivity contribution < 1.29 is 0 Å². The smallest absolute Gasteiger partial charge is 0.168 e. The van der Waals surface area contributed by atoms with Gasteiger partial charge >= 0.3 is 0 Å². The van der Waals surface area contributed by atoms with E-state index < -0.39 is 0 Å². The minimum absolute atomic E-state index is 0.746. The van der Waals surface area contributed by atoms with Crippen LogP contribution in [0.4, 0.5) is 0 Å². The third kappa shape index (κ3) is 1.59. The van der Waals surface area contributed by atoms with E-state index in [1.165, 1.54) is 5.56 Å². The van der Waals surface area contributed by atoms with E-state index in [1.807, 2.05) is 25.3 Å². The van der Waals surface area contributed by atoms with Crippen molar-refractivity contribution in [3.63, 3.8) is 0 Å². The maximum atomic E-state index is 4.58. The molecule has 4 rings (SSSR count). The molecule has 0 N–H and O–H groups in total. The zero-order valence-electron chi connectivity index (χ0n) is 12.1. The van der Waals surface area contributed by atoms with Gasteiger partial charge in [0.05, 0.1) is 17.3 Å². The fourth-order valence-electron chi connectivity index (χ4n) is 2.77. The number of nitrogens with zero attached hydrogens (tertiary/aromatic N) is 6. The Balaban J connectivity index is 2.18. The molecule has 4 aromatic rings. The second-order valence-electron chi connectivity index (χ2n) is 5.13. The number of hydrogen-bond acceptors (Lipinski definition) is 4. The van der Waals surface area contributed by atoms with E-state index in [0.29, 0.717) is 0 Å². The molecular formula is C15H14N6. The highest BCUT2D eigenvalue weighted by molar-refractivity contribution is 5.94. The minimum atomic E-state index is 0.746. The highest BCUT2D eigenvalue weighted by atomic mass is 15.3. The summed E-state index contributed by atoms with van der Waals surface area (Å²) in [6.45, 7) is 6.07. The Hall–Kier alpha value is -2.76. The molecule has 0 saturated heterocycles. The van der Waals surface area contributed by atoms with Crippen LogP contribution in [0.15, 0.2) is 30.9 Å². The fourth-order valence-corrected chi connectivity index (χ4v) is 2.77.